The highest BCUT2D eigenvalue weighted by molar-refractivity contribution is 5.95. The molecule has 5 aromatic rings. The number of benzene rings is 3. The molecule has 0 saturated carbocycles. The zero-order valence-electron chi connectivity index (χ0n) is 18.7. The van der Waals surface area contributed by atoms with Crippen molar-refractivity contribution in [3.8, 4) is 34.0 Å². The van der Waals surface area contributed by atoms with Crippen LogP contribution in [0.4, 0.5) is 0 Å². The Morgan fingerprint density at radius 1 is 0.824 bits per heavy atom. The molecule has 1 N–H and O–H groups in total. The summed E-state index contributed by atoms with van der Waals surface area (Å²) < 4.78 is 13.6. The minimum Gasteiger partial charge on any atom is -0.454 e. The van der Waals surface area contributed by atoms with E-state index in [0.717, 1.165) is 71.1 Å². The van der Waals surface area contributed by atoms with Crippen LogP contribution in [0.5, 0.6) is 11.5 Å². The zero-order valence-corrected chi connectivity index (χ0v) is 18.7. The van der Waals surface area contributed by atoms with Gasteiger partial charge in [0.05, 0.1) is 0 Å². The van der Waals surface area contributed by atoms with Gasteiger partial charge in [0, 0.05) is 23.4 Å². The van der Waals surface area contributed by atoms with E-state index in [4.69, 9.17) is 19.4 Å². The summed E-state index contributed by atoms with van der Waals surface area (Å²) in [5, 5.41) is 5.94. The lowest BCUT2D eigenvalue weighted by Gasteiger charge is -2.26. The molecule has 6 nitrogen and oxygen atoms in total. The second-order valence-electron chi connectivity index (χ2n) is 8.95. The van der Waals surface area contributed by atoms with Gasteiger partial charge in [0.15, 0.2) is 17.1 Å². The Labute approximate surface area is 197 Å². The number of nitrogens with one attached hydrogen (secondary N) is 1. The summed E-state index contributed by atoms with van der Waals surface area (Å²) >= 11 is 0. The molecule has 2 aliphatic heterocycles. The molecule has 0 spiro atoms. The number of piperidine rings is 1. The molecule has 0 atom stereocenters. The molecule has 2 aromatic heterocycles. The number of ether oxygens (including phenoxy) is 2. The fourth-order valence-electron chi connectivity index (χ4n) is 5.23. The lowest BCUT2D eigenvalue weighted by molar-refractivity contribution is 0.174. The smallest absolute Gasteiger partial charge is 0.231 e. The Morgan fingerprint density at radius 2 is 1.65 bits per heavy atom. The second-order valence-corrected chi connectivity index (χ2v) is 8.95. The van der Waals surface area contributed by atoms with Gasteiger partial charge in [-0.2, -0.15) is 0 Å². The van der Waals surface area contributed by atoms with Crippen LogP contribution in [-0.2, 0) is 0 Å². The molecular formula is C28H24N4O2. The van der Waals surface area contributed by atoms with Gasteiger partial charge in [0.25, 0.3) is 0 Å². The number of nitrogens with zero attached hydrogens (tertiary/aromatic N) is 3. The number of pyridine rings is 1. The van der Waals surface area contributed by atoms with Crippen LogP contribution in [0.3, 0.4) is 0 Å². The van der Waals surface area contributed by atoms with E-state index in [9.17, 15) is 0 Å². The number of rotatable bonds is 3. The largest absolute Gasteiger partial charge is 0.454 e. The van der Waals surface area contributed by atoms with Crippen molar-refractivity contribution in [2.45, 2.75) is 18.9 Å². The maximum atomic E-state index is 5.67. The number of hydrogen-bond donors (Lipinski definition) is 1. The molecule has 4 heterocycles. The van der Waals surface area contributed by atoms with Crippen molar-refractivity contribution in [2.24, 2.45) is 0 Å². The van der Waals surface area contributed by atoms with E-state index in [1.54, 1.807) is 0 Å². The quantitative estimate of drug-likeness (QED) is 0.391. The van der Waals surface area contributed by atoms with E-state index in [0.29, 0.717) is 6.04 Å². The van der Waals surface area contributed by atoms with Crippen molar-refractivity contribution < 1.29 is 9.47 Å². The van der Waals surface area contributed by atoms with Gasteiger partial charge in [-0.05, 0) is 72.6 Å². The van der Waals surface area contributed by atoms with E-state index < -0.39 is 0 Å². The van der Waals surface area contributed by atoms with Crippen LogP contribution in [-0.4, -0.2) is 34.4 Å². The van der Waals surface area contributed by atoms with Crippen molar-refractivity contribution in [3.05, 3.63) is 72.9 Å². The molecule has 2 aliphatic rings. The van der Waals surface area contributed by atoms with Gasteiger partial charge < -0.3 is 19.4 Å². The summed E-state index contributed by atoms with van der Waals surface area (Å²) in [6, 6.07) is 23.6. The van der Waals surface area contributed by atoms with Crippen LogP contribution in [0.15, 0.2) is 72.9 Å². The highest BCUT2D eigenvalue weighted by Gasteiger charge is 2.25. The first-order valence-electron chi connectivity index (χ1n) is 11.8. The van der Waals surface area contributed by atoms with Crippen LogP contribution in [0.25, 0.3) is 44.5 Å². The predicted molar refractivity (Wildman–Crippen MR) is 133 cm³/mol. The van der Waals surface area contributed by atoms with Crippen molar-refractivity contribution >= 4 is 21.9 Å². The normalized spacial score (nSPS) is 15.9. The SMILES string of the molecule is c1ccc2cc(-c3ccnc4c3nc(-c3ccc5c(c3)OCO5)n4C3CCNCC3)ccc2c1. The van der Waals surface area contributed by atoms with Crippen molar-refractivity contribution in [3.63, 3.8) is 0 Å². The zero-order chi connectivity index (χ0) is 22.5. The fourth-order valence-corrected chi connectivity index (χ4v) is 5.23. The molecule has 168 valence electrons. The molecular weight excluding hydrogens is 424 g/mol. The number of hydrogen-bond acceptors (Lipinski definition) is 5. The molecule has 1 fully saturated rings. The van der Waals surface area contributed by atoms with E-state index in [1.165, 1.54) is 10.8 Å². The minimum absolute atomic E-state index is 0.261. The Bertz CT molecular complexity index is 1530. The van der Waals surface area contributed by atoms with Gasteiger partial charge in [0.2, 0.25) is 6.79 Å². The molecule has 6 heteroatoms. The first-order chi connectivity index (χ1) is 16.8. The van der Waals surface area contributed by atoms with E-state index >= 15 is 0 Å². The Morgan fingerprint density at radius 3 is 2.56 bits per heavy atom. The van der Waals surface area contributed by atoms with Crippen molar-refractivity contribution in [1.29, 1.82) is 0 Å². The molecule has 7 rings (SSSR count). The van der Waals surface area contributed by atoms with Gasteiger partial charge in [-0.3, -0.25) is 0 Å². The minimum atomic E-state index is 0.261. The summed E-state index contributed by atoms with van der Waals surface area (Å²) in [5.74, 6) is 2.48. The standard InChI is InChI=1S/C28H24N4O2/c1-2-4-19-15-20(6-5-18(19)3-1)23-11-14-30-28-26(23)31-27(32(28)22-9-12-29-13-10-22)21-7-8-24-25(16-21)34-17-33-24/h1-8,11,14-16,22,29H,9-10,12-13,17H2. The van der Waals surface area contributed by atoms with E-state index in [1.807, 2.05) is 18.3 Å². The molecule has 0 radical (unpaired) electrons. The molecule has 3 aromatic carbocycles. The van der Waals surface area contributed by atoms with Crippen LogP contribution >= 0.6 is 0 Å². The Hall–Kier alpha value is -3.90. The van der Waals surface area contributed by atoms with Gasteiger partial charge in [-0.1, -0.05) is 36.4 Å². The molecule has 0 bridgehead atoms. The van der Waals surface area contributed by atoms with E-state index in [2.05, 4.69) is 64.5 Å². The third-order valence-corrected chi connectivity index (χ3v) is 6.94. The summed E-state index contributed by atoms with van der Waals surface area (Å²) in [4.78, 5) is 10.1. The average molecular weight is 449 g/mol. The summed E-state index contributed by atoms with van der Waals surface area (Å²) in [6.07, 6.45) is 4.01. The molecule has 34 heavy (non-hydrogen) atoms. The van der Waals surface area contributed by atoms with Crippen molar-refractivity contribution in [2.75, 3.05) is 19.9 Å². The molecule has 0 amide bonds. The van der Waals surface area contributed by atoms with Crippen LogP contribution < -0.4 is 14.8 Å². The first kappa shape index (κ1) is 19.6. The third-order valence-electron chi connectivity index (χ3n) is 6.94. The van der Waals surface area contributed by atoms with Crippen LogP contribution in [0.2, 0.25) is 0 Å². The lowest BCUT2D eigenvalue weighted by atomic mass is 10.0. The van der Waals surface area contributed by atoms with E-state index in [-0.39, 0.29) is 6.79 Å². The highest BCUT2D eigenvalue weighted by Crippen LogP contribution is 2.40. The topological polar surface area (TPSA) is 61.2 Å². The first-order valence-corrected chi connectivity index (χ1v) is 11.8. The molecule has 0 unspecified atom stereocenters. The third kappa shape index (κ3) is 3.14. The van der Waals surface area contributed by atoms with Crippen molar-refractivity contribution in [1.82, 2.24) is 19.9 Å². The van der Waals surface area contributed by atoms with Gasteiger partial charge in [0.1, 0.15) is 11.3 Å². The fraction of sp³-hybridized carbons (Fsp3) is 0.214. The Balaban J connectivity index is 1.45. The lowest BCUT2D eigenvalue weighted by Crippen LogP contribution is -2.29. The van der Waals surface area contributed by atoms with Crippen LogP contribution in [0, 0.1) is 0 Å². The van der Waals surface area contributed by atoms with Crippen LogP contribution in [0.1, 0.15) is 18.9 Å². The summed E-state index contributed by atoms with van der Waals surface area (Å²) in [7, 11) is 0. The highest BCUT2D eigenvalue weighted by atomic mass is 16.7. The summed E-state index contributed by atoms with van der Waals surface area (Å²) in [5.41, 5.74) is 5.14. The maximum Gasteiger partial charge on any atom is 0.231 e. The maximum absolute atomic E-state index is 5.67. The van der Waals surface area contributed by atoms with Gasteiger partial charge >= 0.3 is 0 Å². The molecule has 0 aliphatic carbocycles. The number of fused-ring (bicyclic) bond motifs is 3. The number of imidazole rings is 1. The van der Waals surface area contributed by atoms with Gasteiger partial charge in [-0.15, -0.1) is 0 Å². The summed E-state index contributed by atoms with van der Waals surface area (Å²) in [6.45, 7) is 2.25. The predicted octanol–water partition coefficient (Wildman–Crippen LogP) is 5.57. The second kappa shape index (κ2) is 7.85. The molecule has 1 saturated heterocycles. The van der Waals surface area contributed by atoms with Gasteiger partial charge in [-0.25, -0.2) is 9.97 Å². The average Bonchev–Trinajstić information content (AvgIpc) is 3.53. The Kier molecular flexibility index (Phi) is 4.52. The monoisotopic (exact) mass is 448 g/mol. The number of aromatic nitrogens is 3.